The molecule has 0 aliphatic heterocycles. The molecule has 0 aliphatic rings. The number of benzene rings is 1. The van der Waals surface area contributed by atoms with Crippen molar-refractivity contribution in [1.82, 2.24) is 0 Å². The predicted octanol–water partition coefficient (Wildman–Crippen LogP) is 2.14. The van der Waals surface area contributed by atoms with Crippen molar-refractivity contribution in [3.63, 3.8) is 0 Å². The van der Waals surface area contributed by atoms with Gasteiger partial charge in [-0.3, -0.25) is 4.99 Å². The molecule has 0 saturated heterocycles. The number of aromatic hydroxyl groups is 1. The first-order chi connectivity index (χ1) is 5.65. The van der Waals surface area contributed by atoms with Crippen LogP contribution in [0.1, 0.15) is 18.1 Å². The van der Waals surface area contributed by atoms with Crippen LogP contribution >= 0.6 is 0 Å². The molecular formula is C10H13NO. The van der Waals surface area contributed by atoms with Crippen LogP contribution in [0.4, 0.5) is 0 Å². The lowest BCUT2D eigenvalue weighted by Crippen LogP contribution is -1.94. The van der Waals surface area contributed by atoms with Crippen LogP contribution in [-0.2, 0) is 0 Å². The van der Waals surface area contributed by atoms with E-state index in [1.54, 1.807) is 13.1 Å². The zero-order valence-electron chi connectivity index (χ0n) is 7.63. The fourth-order valence-electron chi connectivity index (χ4n) is 1.07. The highest BCUT2D eigenvalue weighted by Gasteiger charge is 2.02. The van der Waals surface area contributed by atoms with E-state index in [0.717, 1.165) is 16.8 Å². The summed E-state index contributed by atoms with van der Waals surface area (Å²) in [5, 5.41) is 9.51. The lowest BCUT2D eigenvalue weighted by atomic mass is 10.1. The van der Waals surface area contributed by atoms with Gasteiger partial charge in [-0.25, -0.2) is 0 Å². The number of nitrogens with zero attached hydrogens (tertiary/aromatic N) is 1. The molecular weight excluding hydrogens is 150 g/mol. The van der Waals surface area contributed by atoms with E-state index in [0.29, 0.717) is 5.75 Å². The van der Waals surface area contributed by atoms with Gasteiger partial charge in [-0.1, -0.05) is 6.07 Å². The summed E-state index contributed by atoms with van der Waals surface area (Å²) in [6.45, 7) is 3.83. The first kappa shape index (κ1) is 8.78. The summed E-state index contributed by atoms with van der Waals surface area (Å²) in [5.41, 5.74) is 2.72. The molecule has 0 fully saturated rings. The molecule has 0 heterocycles. The number of rotatable bonds is 1. The minimum atomic E-state index is 0.304. The number of aliphatic imine (C=N–C) groups is 1. The molecule has 1 aromatic rings. The summed E-state index contributed by atoms with van der Waals surface area (Å²) in [7, 11) is 1.72. The van der Waals surface area contributed by atoms with Crippen molar-refractivity contribution in [2.45, 2.75) is 13.8 Å². The molecule has 2 heteroatoms. The van der Waals surface area contributed by atoms with Crippen LogP contribution in [0.25, 0.3) is 0 Å². The molecule has 0 saturated carbocycles. The van der Waals surface area contributed by atoms with Gasteiger partial charge >= 0.3 is 0 Å². The van der Waals surface area contributed by atoms with Gasteiger partial charge in [-0.2, -0.15) is 0 Å². The van der Waals surface area contributed by atoms with Gasteiger partial charge in [0.2, 0.25) is 0 Å². The van der Waals surface area contributed by atoms with E-state index in [2.05, 4.69) is 4.99 Å². The van der Waals surface area contributed by atoms with Gasteiger partial charge in [-0.05, 0) is 31.5 Å². The van der Waals surface area contributed by atoms with Crippen LogP contribution in [0.5, 0.6) is 5.75 Å². The Bertz CT molecular complexity index is 316. The Morgan fingerprint density at radius 2 is 2.08 bits per heavy atom. The van der Waals surface area contributed by atoms with Crippen molar-refractivity contribution in [1.29, 1.82) is 0 Å². The van der Waals surface area contributed by atoms with Gasteiger partial charge in [0.15, 0.2) is 0 Å². The molecule has 0 radical (unpaired) electrons. The van der Waals surface area contributed by atoms with Crippen molar-refractivity contribution >= 4 is 5.71 Å². The third kappa shape index (κ3) is 1.64. The van der Waals surface area contributed by atoms with Crippen LogP contribution in [0.2, 0.25) is 0 Å². The predicted molar refractivity (Wildman–Crippen MR) is 51.0 cm³/mol. The SMILES string of the molecule is CN=C(C)c1ccc(C)cc1O. The summed E-state index contributed by atoms with van der Waals surface area (Å²) < 4.78 is 0. The summed E-state index contributed by atoms with van der Waals surface area (Å²) in [5.74, 6) is 0.304. The average Bonchev–Trinajstić information content (AvgIpc) is 2.03. The maximum absolute atomic E-state index is 9.51. The second kappa shape index (κ2) is 3.39. The van der Waals surface area contributed by atoms with Gasteiger partial charge in [0, 0.05) is 18.3 Å². The van der Waals surface area contributed by atoms with Crippen LogP contribution in [-0.4, -0.2) is 17.9 Å². The zero-order chi connectivity index (χ0) is 9.14. The Morgan fingerprint density at radius 1 is 1.42 bits per heavy atom. The molecule has 64 valence electrons. The maximum atomic E-state index is 9.51. The number of phenolic OH excluding ortho intramolecular Hbond substituents is 1. The largest absolute Gasteiger partial charge is 0.507 e. The van der Waals surface area contributed by atoms with E-state index in [1.165, 1.54) is 0 Å². The molecule has 1 aromatic carbocycles. The second-order valence-electron chi connectivity index (χ2n) is 2.83. The fourth-order valence-corrected chi connectivity index (χ4v) is 1.07. The first-order valence-electron chi connectivity index (χ1n) is 3.88. The van der Waals surface area contributed by atoms with Crippen LogP contribution in [0.15, 0.2) is 23.2 Å². The Balaban J connectivity index is 3.18. The average molecular weight is 163 g/mol. The van der Waals surface area contributed by atoms with Crippen molar-refractivity contribution in [2.24, 2.45) is 4.99 Å². The highest BCUT2D eigenvalue weighted by atomic mass is 16.3. The standard InChI is InChI=1S/C10H13NO/c1-7-4-5-9(8(2)11-3)10(12)6-7/h4-6,12H,1-3H3. The van der Waals surface area contributed by atoms with Gasteiger partial charge in [0.25, 0.3) is 0 Å². The van der Waals surface area contributed by atoms with E-state index in [-0.39, 0.29) is 0 Å². The fraction of sp³-hybridized carbons (Fsp3) is 0.300. The number of hydrogen-bond donors (Lipinski definition) is 1. The van der Waals surface area contributed by atoms with Crippen molar-refractivity contribution < 1.29 is 5.11 Å². The minimum Gasteiger partial charge on any atom is -0.507 e. The number of phenols is 1. The molecule has 0 aliphatic carbocycles. The van der Waals surface area contributed by atoms with Crippen LogP contribution in [0, 0.1) is 6.92 Å². The molecule has 0 amide bonds. The molecule has 12 heavy (non-hydrogen) atoms. The molecule has 1 N–H and O–H groups in total. The summed E-state index contributed by atoms with van der Waals surface area (Å²) in [6, 6.07) is 5.58. The van der Waals surface area contributed by atoms with Gasteiger partial charge in [0.05, 0.1) is 0 Å². The van der Waals surface area contributed by atoms with Crippen LogP contribution in [0.3, 0.4) is 0 Å². The Kier molecular flexibility index (Phi) is 2.48. The Morgan fingerprint density at radius 3 is 2.58 bits per heavy atom. The smallest absolute Gasteiger partial charge is 0.124 e. The molecule has 2 nitrogen and oxygen atoms in total. The molecule has 0 bridgehead atoms. The Labute approximate surface area is 72.6 Å². The third-order valence-electron chi connectivity index (χ3n) is 1.88. The van der Waals surface area contributed by atoms with E-state index >= 15 is 0 Å². The topological polar surface area (TPSA) is 32.6 Å². The van der Waals surface area contributed by atoms with Gasteiger partial charge in [-0.15, -0.1) is 0 Å². The molecule has 0 unspecified atom stereocenters. The maximum Gasteiger partial charge on any atom is 0.124 e. The normalized spacial score (nSPS) is 11.8. The van der Waals surface area contributed by atoms with Crippen molar-refractivity contribution in [2.75, 3.05) is 7.05 Å². The van der Waals surface area contributed by atoms with Crippen molar-refractivity contribution in [3.05, 3.63) is 29.3 Å². The number of aryl methyl sites for hydroxylation is 1. The molecule has 0 spiro atoms. The zero-order valence-corrected chi connectivity index (χ0v) is 7.63. The monoisotopic (exact) mass is 163 g/mol. The highest BCUT2D eigenvalue weighted by molar-refractivity contribution is 6.00. The second-order valence-corrected chi connectivity index (χ2v) is 2.83. The quantitative estimate of drug-likeness (QED) is 0.632. The van der Waals surface area contributed by atoms with Gasteiger partial charge in [0.1, 0.15) is 5.75 Å². The highest BCUT2D eigenvalue weighted by Crippen LogP contribution is 2.18. The van der Waals surface area contributed by atoms with E-state index in [1.807, 2.05) is 26.0 Å². The van der Waals surface area contributed by atoms with E-state index in [4.69, 9.17) is 0 Å². The molecule has 0 atom stereocenters. The van der Waals surface area contributed by atoms with E-state index < -0.39 is 0 Å². The van der Waals surface area contributed by atoms with Crippen molar-refractivity contribution in [3.8, 4) is 5.75 Å². The third-order valence-corrected chi connectivity index (χ3v) is 1.88. The lowest BCUT2D eigenvalue weighted by molar-refractivity contribution is 0.473. The summed E-state index contributed by atoms with van der Waals surface area (Å²) in [4.78, 5) is 4.01. The Hall–Kier alpha value is -1.31. The van der Waals surface area contributed by atoms with E-state index in [9.17, 15) is 5.11 Å². The molecule has 0 aromatic heterocycles. The minimum absolute atomic E-state index is 0.304. The van der Waals surface area contributed by atoms with Gasteiger partial charge < -0.3 is 5.11 Å². The van der Waals surface area contributed by atoms with Crippen LogP contribution < -0.4 is 0 Å². The number of hydrogen-bond acceptors (Lipinski definition) is 2. The first-order valence-corrected chi connectivity index (χ1v) is 3.88. The molecule has 1 rings (SSSR count). The lowest BCUT2D eigenvalue weighted by Gasteiger charge is -2.03. The summed E-state index contributed by atoms with van der Waals surface area (Å²) in [6.07, 6.45) is 0. The summed E-state index contributed by atoms with van der Waals surface area (Å²) >= 11 is 0.